The van der Waals surface area contributed by atoms with Crippen molar-refractivity contribution in [1.82, 2.24) is 0 Å². The van der Waals surface area contributed by atoms with Crippen molar-refractivity contribution in [3.63, 3.8) is 0 Å². The fourth-order valence-electron chi connectivity index (χ4n) is 1.36. The van der Waals surface area contributed by atoms with E-state index in [0.717, 1.165) is 25.5 Å². The Morgan fingerprint density at radius 3 is 2.80 bits per heavy atom. The second kappa shape index (κ2) is 4.60. The minimum atomic E-state index is 0.151. The third kappa shape index (κ3) is 2.22. The molecule has 0 aliphatic rings. The average Bonchev–Trinajstić information content (AvgIpc) is 2.84. The maximum absolute atomic E-state index is 12.1. The minimum absolute atomic E-state index is 0.151. The van der Waals surface area contributed by atoms with Crippen LogP contribution < -0.4 is 0 Å². The van der Waals surface area contributed by atoms with Gasteiger partial charge in [0.25, 0.3) is 0 Å². The quantitative estimate of drug-likeness (QED) is 0.770. The van der Waals surface area contributed by atoms with Crippen molar-refractivity contribution in [2.75, 3.05) is 0 Å². The van der Waals surface area contributed by atoms with Gasteiger partial charge >= 0.3 is 0 Å². The van der Waals surface area contributed by atoms with Gasteiger partial charge in [-0.15, -0.1) is 22.7 Å². The molecular formula is C11H9BrOS2. The van der Waals surface area contributed by atoms with Crippen molar-refractivity contribution in [2.45, 2.75) is 13.3 Å². The summed E-state index contributed by atoms with van der Waals surface area (Å²) in [6, 6.07) is 5.81. The molecule has 0 aliphatic heterocycles. The standard InChI is InChI=1S/C11H9BrOS2/c1-2-7-5-6-14-11(7)10(13)8-3-4-9(12)15-8/h3-6H,2H2,1H3. The number of rotatable bonds is 3. The Balaban J connectivity index is 2.36. The van der Waals surface area contributed by atoms with Crippen molar-refractivity contribution in [1.29, 1.82) is 0 Å². The van der Waals surface area contributed by atoms with Crippen LogP contribution in [0.15, 0.2) is 27.4 Å². The van der Waals surface area contributed by atoms with E-state index in [1.54, 1.807) is 0 Å². The molecule has 0 N–H and O–H groups in total. The maximum Gasteiger partial charge on any atom is 0.213 e. The summed E-state index contributed by atoms with van der Waals surface area (Å²) in [6.07, 6.45) is 0.914. The van der Waals surface area contributed by atoms with Gasteiger partial charge in [-0.2, -0.15) is 0 Å². The van der Waals surface area contributed by atoms with Crippen LogP contribution in [0, 0.1) is 0 Å². The first-order valence-corrected chi connectivity index (χ1v) is 7.07. The number of hydrogen-bond donors (Lipinski definition) is 0. The van der Waals surface area contributed by atoms with Gasteiger partial charge in [-0.05, 0) is 51.5 Å². The summed E-state index contributed by atoms with van der Waals surface area (Å²) in [5, 5.41) is 1.98. The molecule has 0 amide bonds. The summed E-state index contributed by atoms with van der Waals surface area (Å²) in [4.78, 5) is 13.8. The Hall–Kier alpha value is -0.450. The molecule has 0 spiro atoms. The van der Waals surface area contributed by atoms with Crippen LogP contribution in [0.25, 0.3) is 0 Å². The fraction of sp³-hybridized carbons (Fsp3) is 0.182. The molecule has 2 heterocycles. The highest BCUT2D eigenvalue weighted by Gasteiger charge is 2.15. The summed E-state index contributed by atoms with van der Waals surface area (Å²) in [5.41, 5.74) is 1.15. The fourth-order valence-corrected chi connectivity index (χ4v) is 3.71. The molecule has 4 heteroatoms. The zero-order chi connectivity index (χ0) is 10.8. The van der Waals surface area contributed by atoms with Crippen LogP contribution in [-0.2, 0) is 6.42 Å². The number of halogens is 1. The summed E-state index contributed by atoms with van der Waals surface area (Å²) < 4.78 is 1.00. The molecule has 2 aromatic rings. The molecule has 0 aromatic carbocycles. The number of carbonyl (C=O) groups excluding carboxylic acids is 1. The highest BCUT2D eigenvalue weighted by atomic mass is 79.9. The predicted octanol–water partition coefficient (Wildman–Crippen LogP) is 4.37. The molecule has 2 rings (SSSR count). The van der Waals surface area contributed by atoms with Gasteiger partial charge in [0.2, 0.25) is 5.78 Å². The normalized spacial score (nSPS) is 10.5. The summed E-state index contributed by atoms with van der Waals surface area (Å²) in [5.74, 6) is 0.151. The van der Waals surface area contributed by atoms with Gasteiger partial charge in [-0.25, -0.2) is 0 Å². The molecule has 78 valence electrons. The van der Waals surface area contributed by atoms with E-state index in [1.807, 2.05) is 23.6 Å². The minimum Gasteiger partial charge on any atom is -0.287 e. The Bertz CT molecular complexity index is 484. The summed E-state index contributed by atoms with van der Waals surface area (Å²) in [7, 11) is 0. The SMILES string of the molecule is CCc1ccsc1C(=O)c1ccc(Br)s1. The highest BCUT2D eigenvalue weighted by molar-refractivity contribution is 9.11. The van der Waals surface area contributed by atoms with E-state index in [2.05, 4.69) is 22.9 Å². The summed E-state index contributed by atoms with van der Waals surface area (Å²) in [6.45, 7) is 2.07. The van der Waals surface area contributed by atoms with E-state index < -0.39 is 0 Å². The van der Waals surface area contributed by atoms with Gasteiger partial charge in [0.05, 0.1) is 13.5 Å². The number of hydrogen-bond acceptors (Lipinski definition) is 3. The second-order valence-electron chi connectivity index (χ2n) is 3.06. The molecule has 2 aromatic heterocycles. The van der Waals surface area contributed by atoms with Crippen molar-refractivity contribution in [3.8, 4) is 0 Å². The van der Waals surface area contributed by atoms with Crippen molar-refractivity contribution in [2.24, 2.45) is 0 Å². The topological polar surface area (TPSA) is 17.1 Å². The molecule has 0 bridgehead atoms. The largest absolute Gasteiger partial charge is 0.287 e. The van der Waals surface area contributed by atoms with E-state index in [1.165, 1.54) is 22.7 Å². The van der Waals surface area contributed by atoms with Crippen molar-refractivity contribution in [3.05, 3.63) is 42.7 Å². The van der Waals surface area contributed by atoms with Crippen LogP contribution >= 0.6 is 38.6 Å². The van der Waals surface area contributed by atoms with Crippen LogP contribution in [-0.4, -0.2) is 5.78 Å². The van der Waals surface area contributed by atoms with Crippen LogP contribution in [0.4, 0.5) is 0 Å². The van der Waals surface area contributed by atoms with Gasteiger partial charge in [-0.1, -0.05) is 6.92 Å². The lowest BCUT2D eigenvalue weighted by atomic mass is 10.1. The number of thiophene rings is 2. The lowest BCUT2D eigenvalue weighted by molar-refractivity contribution is 0.104. The summed E-state index contributed by atoms with van der Waals surface area (Å²) >= 11 is 6.38. The molecule has 0 atom stereocenters. The van der Waals surface area contributed by atoms with E-state index in [9.17, 15) is 4.79 Å². The van der Waals surface area contributed by atoms with Crippen LogP contribution in [0.1, 0.15) is 27.0 Å². The smallest absolute Gasteiger partial charge is 0.213 e. The maximum atomic E-state index is 12.1. The lowest BCUT2D eigenvalue weighted by Crippen LogP contribution is -1.98. The van der Waals surface area contributed by atoms with Gasteiger partial charge in [0.1, 0.15) is 0 Å². The van der Waals surface area contributed by atoms with Crippen LogP contribution in [0.3, 0.4) is 0 Å². The Morgan fingerprint density at radius 2 is 2.20 bits per heavy atom. The monoisotopic (exact) mass is 300 g/mol. The Labute approximate surface area is 105 Å². The van der Waals surface area contributed by atoms with Crippen molar-refractivity contribution < 1.29 is 4.79 Å². The third-order valence-electron chi connectivity index (χ3n) is 2.13. The molecule has 1 nitrogen and oxygen atoms in total. The zero-order valence-electron chi connectivity index (χ0n) is 8.12. The number of aryl methyl sites for hydroxylation is 1. The van der Waals surface area contributed by atoms with E-state index >= 15 is 0 Å². The van der Waals surface area contributed by atoms with E-state index in [-0.39, 0.29) is 5.78 Å². The van der Waals surface area contributed by atoms with E-state index in [4.69, 9.17) is 0 Å². The molecule has 0 aliphatic carbocycles. The van der Waals surface area contributed by atoms with Gasteiger partial charge in [0.15, 0.2) is 0 Å². The lowest BCUT2D eigenvalue weighted by Gasteiger charge is -1.97. The molecule has 15 heavy (non-hydrogen) atoms. The molecule has 0 fully saturated rings. The molecule has 0 saturated carbocycles. The molecule has 0 unspecified atom stereocenters. The van der Waals surface area contributed by atoms with Crippen LogP contribution in [0.5, 0.6) is 0 Å². The molecule has 0 radical (unpaired) electrons. The Morgan fingerprint density at radius 1 is 1.40 bits per heavy atom. The zero-order valence-corrected chi connectivity index (χ0v) is 11.3. The van der Waals surface area contributed by atoms with E-state index in [0.29, 0.717) is 0 Å². The number of carbonyl (C=O) groups is 1. The van der Waals surface area contributed by atoms with Gasteiger partial charge < -0.3 is 0 Å². The highest BCUT2D eigenvalue weighted by Crippen LogP contribution is 2.27. The average molecular weight is 301 g/mol. The third-order valence-corrected chi connectivity index (χ3v) is 4.71. The first kappa shape index (κ1) is 11.0. The van der Waals surface area contributed by atoms with Crippen molar-refractivity contribution >= 4 is 44.4 Å². The number of ketones is 1. The van der Waals surface area contributed by atoms with Gasteiger partial charge in [0, 0.05) is 0 Å². The predicted molar refractivity (Wildman–Crippen MR) is 69.1 cm³/mol. The first-order chi connectivity index (χ1) is 7.22. The second-order valence-corrected chi connectivity index (χ2v) is 6.44. The van der Waals surface area contributed by atoms with Crippen LogP contribution in [0.2, 0.25) is 0 Å². The van der Waals surface area contributed by atoms with Gasteiger partial charge in [-0.3, -0.25) is 4.79 Å². The Kier molecular flexibility index (Phi) is 3.38. The molecular weight excluding hydrogens is 292 g/mol. The first-order valence-electron chi connectivity index (χ1n) is 4.58. The molecule has 0 saturated heterocycles.